The molecule has 0 unspecified atom stereocenters. The topological polar surface area (TPSA) is 52.5 Å². The van der Waals surface area contributed by atoms with Crippen molar-refractivity contribution in [2.75, 3.05) is 0 Å². The van der Waals surface area contributed by atoms with E-state index in [2.05, 4.69) is 9.97 Å². The highest BCUT2D eigenvalue weighted by Gasteiger charge is 2.01. The third-order valence-corrected chi connectivity index (χ3v) is 2.03. The van der Waals surface area contributed by atoms with E-state index in [1.54, 1.807) is 6.20 Å². The van der Waals surface area contributed by atoms with Crippen LogP contribution < -0.4 is 0 Å². The first-order valence-corrected chi connectivity index (χ1v) is 4.32. The number of nitriles is 1. The molecule has 0 saturated heterocycles. The van der Waals surface area contributed by atoms with Gasteiger partial charge in [-0.15, -0.1) is 0 Å². The van der Waals surface area contributed by atoms with Crippen molar-refractivity contribution in [1.29, 1.82) is 5.26 Å². The van der Waals surface area contributed by atoms with Crippen LogP contribution in [0.4, 0.5) is 0 Å². The van der Waals surface area contributed by atoms with Gasteiger partial charge in [-0.3, -0.25) is 0 Å². The molecule has 0 aliphatic rings. The fraction of sp³-hybridized carbons (Fsp3) is 0.0909. The molecule has 0 bridgehead atoms. The molecule has 1 aromatic carbocycles. The quantitative estimate of drug-likeness (QED) is 0.737. The molecule has 68 valence electrons. The molecule has 1 aromatic heterocycles. The van der Waals surface area contributed by atoms with Crippen LogP contribution in [0.1, 0.15) is 11.4 Å². The van der Waals surface area contributed by atoms with Crippen LogP contribution in [0.15, 0.2) is 30.5 Å². The van der Waals surface area contributed by atoms with Gasteiger partial charge >= 0.3 is 0 Å². The number of nitrogens with one attached hydrogen (secondary N) is 1. The summed E-state index contributed by atoms with van der Waals surface area (Å²) in [5.74, 6) is 0.348. The Bertz CT molecular complexity index is 474. The molecule has 0 fully saturated rings. The van der Waals surface area contributed by atoms with E-state index in [0.717, 1.165) is 11.3 Å². The Labute approximate surface area is 82.0 Å². The van der Waals surface area contributed by atoms with Crippen molar-refractivity contribution in [3.8, 4) is 17.3 Å². The first kappa shape index (κ1) is 8.52. The second kappa shape index (κ2) is 3.35. The first-order valence-electron chi connectivity index (χ1n) is 4.32. The lowest BCUT2D eigenvalue weighted by Crippen LogP contribution is -1.79. The highest BCUT2D eigenvalue weighted by Crippen LogP contribution is 2.16. The maximum Gasteiger partial charge on any atom is 0.210 e. The second-order valence-corrected chi connectivity index (χ2v) is 3.11. The molecule has 3 heteroatoms. The van der Waals surface area contributed by atoms with Crippen LogP contribution in [0, 0.1) is 18.3 Å². The van der Waals surface area contributed by atoms with Crippen molar-refractivity contribution in [2.24, 2.45) is 0 Å². The van der Waals surface area contributed by atoms with E-state index in [1.807, 2.05) is 37.3 Å². The normalized spacial score (nSPS) is 9.71. The molecule has 14 heavy (non-hydrogen) atoms. The summed E-state index contributed by atoms with van der Waals surface area (Å²) in [5, 5.41) is 8.60. The SMILES string of the molecule is Cc1ccc(-c2c[nH]c(C#N)n2)cc1. The Kier molecular flexibility index (Phi) is 2.04. The zero-order valence-electron chi connectivity index (χ0n) is 7.78. The summed E-state index contributed by atoms with van der Waals surface area (Å²) in [6.07, 6.45) is 1.74. The molecular formula is C11H9N3. The van der Waals surface area contributed by atoms with Gasteiger partial charge in [0.05, 0.1) is 5.69 Å². The number of aromatic amines is 1. The molecule has 0 saturated carbocycles. The van der Waals surface area contributed by atoms with Gasteiger partial charge in [0.1, 0.15) is 6.07 Å². The lowest BCUT2D eigenvalue weighted by molar-refractivity contribution is 1.23. The van der Waals surface area contributed by atoms with Crippen molar-refractivity contribution in [3.63, 3.8) is 0 Å². The van der Waals surface area contributed by atoms with Gasteiger partial charge in [-0.05, 0) is 6.92 Å². The van der Waals surface area contributed by atoms with Crippen LogP contribution in [-0.2, 0) is 0 Å². The summed E-state index contributed by atoms with van der Waals surface area (Å²) in [6.45, 7) is 2.04. The lowest BCUT2D eigenvalue weighted by atomic mass is 10.1. The van der Waals surface area contributed by atoms with E-state index in [1.165, 1.54) is 5.56 Å². The smallest absolute Gasteiger partial charge is 0.210 e. The van der Waals surface area contributed by atoms with Crippen LogP contribution >= 0.6 is 0 Å². The van der Waals surface area contributed by atoms with Gasteiger partial charge in [-0.2, -0.15) is 5.26 Å². The minimum atomic E-state index is 0.348. The molecule has 0 aliphatic heterocycles. The lowest BCUT2D eigenvalue weighted by Gasteiger charge is -1.95. The second-order valence-electron chi connectivity index (χ2n) is 3.11. The first-order chi connectivity index (χ1) is 6.79. The van der Waals surface area contributed by atoms with Gasteiger partial charge in [0.15, 0.2) is 0 Å². The molecule has 0 aliphatic carbocycles. The number of aromatic nitrogens is 2. The van der Waals surface area contributed by atoms with E-state index in [0.29, 0.717) is 5.82 Å². The van der Waals surface area contributed by atoms with Crippen molar-refractivity contribution in [1.82, 2.24) is 9.97 Å². The standard InChI is InChI=1S/C11H9N3/c1-8-2-4-9(5-3-8)10-7-13-11(6-12)14-10/h2-5,7H,1H3,(H,13,14). The van der Waals surface area contributed by atoms with E-state index < -0.39 is 0 Å². The van der Waals surface area contributed by atoms with Crippen LogP contribution in [0.3, 0.4) is 0 Å². The number of hydrogen-bond donors (Lipinski definition) is 1. The third kappa shape index (κ3) is 1.50. The van der Waals surface area contributed by atoms with Crippen molar-refractivity contribution in [2.45, 2.75) is 6.92 Å². The van der Waals surface area contributed by atoms with Crippen molar-refractivity contribution in [3.05, 3.63) is 41.9 Å². The van der Waals surface area contributed by atoms with Gasteiger partial charge in [-0.1, -0.05) is 29.8 Å². The monoisotopic (exact) mass is 183 g/mol. The Morgan fingerprint density at radius 2 is 2.00 bits per heavy atom. The van der Waals surface area contributed by atoms with Crippen molar-refractivity contribution < 1.29 is 0 Å². The number of imidazole rings is 1. The number of rotatable bonds is 1. The largest absolute Gasteiger partial charge is 0.336 e. The number of benzene rings is 1. The highest BCUT2D eigenvalue weighted by atomic mass is 14.9. The Morgan fingerprint density at radius 3 is 2.57 bits per heavy atom. The zero-order chi connectivity index (χ0) is 9.97. The predicted octanol–water partition coefficient (Wildman–Crippen LogP) is 2.26. The Hall–Kier alpha value is -2.08. The minimum Gasteiger partial charge on any atom is -0.336 e. The van der Waals surface area contributed by atoms with E-state index in [9.17, 15) is 0 Å². The van der Waals surface area contributed by atoms with Crippen molar-refractivity contribution >= 4 is 0 Å². The summed E-state index contributed by atoms with van der Waals surface area (Å²) in [5.41, 5.74) is 3.04. The predicted molar refractivity (Wildman–Crippen MR) is 53.5 cm³/mol. The zero-order valence-corrected chi connectivity index (χ0v) is 7.78. The molecule has 3 nitrogen and oxygen atoms in total. The van der Waals surface area contributed by atoms with Crippen LogP contribution in [0.2, 0.25) is 0 Å². The summed E-state index contributed by atoms with van der Waals surface area (Å²) in [7, 11) is 0. The fourth-order valence-electron chi connectivity index (χ4n) is 1.25. The molecule has 2 rings (SSSR count). The maximum absolute atomic E-state index is 8.60. The highest BCUT2D eigenvalue weighted by molar-refractivity contribution is 5.59. The maximum atomic E-state index is 8.60. The third-order valence-electron chi connectivity index (χ3n) is 2.03. The summed E-state index contributed by atoms with van der Waals surface area (Å²) in [4.78, 5) is 6.91. The Morgan fingerprint density at radius 1 is 1.29 bits per heavy atom. The van der Waals surface area contributed by atoms with Gasteiger partial charge in [0.2, 0.25) is 5.82 Å². The van der Waals surface area contributed by atoms with Gasteiger partial charge in [0, 0.05) is 11.8 Å². The van der Waals surface area contributed by atoms with E-state index in [4.69, 9.17) is 5.26 Å². The number of nitrogens with zero attached hydrogens (tertiary/aromatic N) is 2. The number of aryl methyl sites for hydroxylation is 1. The molecular weight excluding hydrogens is 174 g/mol. The van der Waals surface area contributed by atoms with Gasteiger partial charge in [-0.25, -0.2) is 4.98 Å². The fourth-order valence-corrected chi connectivity index (χ4v) is 1.25. The van der Waals surface area contributed by atoms with Gasteiger partial charge in [0.25, 0.3) is 0 Å². The van der Waals surface area contributed by atoms with Crippen LogP contribution in [-0.4, -0.2) is 9.97 Å². The molecule has 0 atom stereocenters. The summed E-state index contributed by atoms with van der Waals surface area (Å²) < 4.78 is 0. The van der Waals surface area contributed by atoms with Gasteiger partial charge < -0.3 is 4.98 Å². The number of hydrogen-bond acceptors (Lipinski definition) is 2. The Balaban J connectivity index is 2.40. The molecule has 2 aromatic rings. The van der Waals surface area contributed by atoms with Crippen LogP contribution in [0.5, 0.6) is 0 Å². The van der Waals surface area contributed by atoms with E-state index >= 15 is 0 Å². The summed E-state index contributed by atoms with van der Waals surface area (Å²) in [6, 6.07) is 10.00. The molecule has 0 radical (unpaired) electrons. The number of H-pyrrole nitrogens is 1. The van der Waals surface area contributed by atoms with Crippen LogP contribution in [0.25, 0.3) is 11.3 Å². The minimum absolute atomic E-state index is 0.348. The molecule has 1 heterocycles. The summed E-state index contributed by atoms with van der Waals surface area (Å²) >= 11 is 0. The molecule has 0 amide bonds. The molecule has 1 N–H and O–H groups in total. The average molecular weight is 183 g/mol. The molecule has 0 spiro atoms. The average Bonchev–Trinajstić information content (AvgIpc) is 2.67. The van der Waals surface area contributed by atoms with E-state index in [-0.39, 0.29) is 0 Å².